The molecule has 96 valence electrons. The predicted octanol–water partition coefficient (Wildman–Crippen LogP) is 2.07. The van der Waals surface area contributed by atoms with Crippen LogP contribution < -0.4 is 10.5 Å². The van der Waals surface area contributed by atoms with Gasteiger partial charge in [0.25, 0.3) is 0 Å². The molecule has 3 N–H and O–H groups in total. The molecule has 0 aromatic heterocycles. The second-order valence-electron chi connectivity index (χ2n) is 5.88. The molecule has 0 amide bonds. The van der Waals surface area contributed by atoms with Gasteiger partial charge in [0, 0.05) is 0 Å². The first-order chi connectivity index (χ1) is 7.74. The molecule has 1 aromatic carbocycles. The molecule has 0 spiro atoms. The van der Waals surface area contributed by atoms with Crippen molar-refractivity contribution in [1.82, 2.24) is 0 Å². The third-order valence-corrected chi connectivity index (χ3v) is 2.65. The monoisotopic (exact) mass is 237 g/mol. The molecule has 0 aliphatic heterocycles. The molecule has 1 rings (SSSR count). The molecule has 17 heavy (non-hydrogen) atoms. The predicted molar refractivity (Wildman–Crippen MR) is 70.3 cm³/mol. The van der Waals surface area contributed by atoms with Crippen LogP contribution >= 0.6 is 0 Å². The lowest BCUT2D eigenvalue weighted by Crippen LogP contribution is -2.45. The Kier molecular flexibility index (Phi) is 4.17. The van der Waals surface area contributed by atoms with Crippen LogP contribution in [-0.4, -0.2) is 23.9 Å². The van der Waals surface area contributed by atoms with Gasteiger partial charge in [-0.15, -0.1) is 0 Å². The van der Waals surface area contributed by atoms with Crippen LogP contribution in [0.4, 0.5) is 0 Å². The fraction of sp³-hybridized carbons (Fsp3) is 0.571. The maximum atomic E-state index is 9.02. The van der Waals surface area contributed by atoms with E-state index in [-0.39, 0.29) is 12.0 Å². The summed E-state index contributed by atoms with van der Waals surface area (Å²) in [5.74, 6) is 0.781. The van der Waals surface area contributed by atoms with E-state index in [9.17, 15) is 0 Å². The molecule has 0 radical (unpaired) electrons. The van der Waals surface area contributed by atoms with Gasteiger partial charge >= 0.3 is 0 Å². The molecular formula is C14H23NO2. The van der Waals surface area contributed by atoms with Crippen molar-refractivity contribution in [3.63, 3.8) is 0 Å². The Morgan fingerprint density at radius 3 is 2.06 bits per heavy atom. The first-order valence-corrected chi connectivity index (χ1v) is 5.88. The number of benzene rings is 1. The maximum Gasteiger partial charge on any atom is 0.119 e. The fourth-order valence-electron chi connectivity index (χ4n) is 1.35. The topological polar surface area (TPSA) is 55.5 Å². The lowest BCUT2D eigenvalue weighted by atomic mass is 9.87. The van der Waals surface area contributed by atoms with Gasteiger partial charge in [0.15, 0.2) is 0 Å². The molecule has 0 saturated heterocycles. The summed E-state index contributed by atoms with van der Waals surface area (Å²) in [6.07, 6.45) is 0. The molecule has 0 bridgehead atoms. The number of hydrogen-bond donors (Lipinski definition) is 2. The van der Waals surface area contributed by atoms with E-state index in [1.807, 2.05) is 12.1 Å². The minimum absolute atomic E-state index is 0.0902. The second-order valence-corrected chi connectivity index (χ2v) is 5.88. The average Bonchev–Trinajstić information content (AvgIpc) is 2.26. The van der Waals surface area contributed by atoms with Gasteiger partial charge in [0.1, 0.15) is 12.4 Å². The molecule has 3 heteroatoms. The zero-order valence-electron chi connectivity index (χ0n) is 11.2. The lowest BCUT2D eigenvalue weighted by Gasteiger charge is -2.23. The van der Waals surface area contributed by atoms with Crippen molar-refractivity contribution in [2.75, 3.05) is 13.2 Å². The molecule has 0 saturated carbocycles. The van der Waals surface area contributed by atoms with Crippen molar-refractivity contribution in [1.29, 1.82) is 0 Å². The van der Waals surface area contributed by atoms with Gasteiger partial charge in [-0.1, -0.05) is 32.9 Å². The number of ether oxygens (including phenoxy) is 1. The zero-order valence-corrected chi connectivity index (χ0v) is 11.2. The number of aliphatic hydroxyl groups excluding tert-OH is 1. The minimum atomic E-state index is -0.692. The van der Waals surface area contributed by atoms with Crippen LogP contribution in [-0.2, 0) is 5.41 Å². The Morgan fingerprint density at radius 2 is 1.65 bits per heavy atom. The maximum absolute atomic E-state index is 9.02. The summed E-state index contributed by atoms with van der Waals surface area (Å²) in [4.78, 5) is 0. The largest absolute Gasteiger partial charge is 0.492 e. The summed E-state index contributed by atoms with van der Waals surface area (Å²) in [5.41, 5.74) is 6.51. The molecule has 0 fully saturated rings. The second kappa shape index (κ2) is 5.07. The Hall–Kier alpha value is -1.06. The number of aliphatic hydroxyl groups is 1. The quantitative estimate of drug-likeness (QED) is 0.843. The van der Waals surface area contributed by atoms with Crippen LogP contribution in [0.25, 0.3) is 0 Å². The molecule has 1 unspecified atom stereocenters. The van der Waals surface area contributed by atoms with E-state index >= 15 is 0 Å². The highest BCUT2D eigenvalue weighted by molar-refractivity contribution is 5.31. The number of rotatable bonds is 4. The standard InChI is InChI=1S/C14H23NO2/c1-13(2,3)11-5-7-12(8-6-11)17-10-14(4,15)9-16/h5-8,16H,9-10,15H2,1-4H3. The molecule has 0 aliphatic rings. The van der Waals surface area contributed by atoms with E-state index in [0.717, 1.165) is 5.75 Å². The Morgan fingerprint density at radius 1 is 1.12 bits per heavy atom. The van der Waals surface area contributed by atoms with Crippen molar-refractivity contribution in [3.05, 3.63) is 29.8 Å². The van der Waals surface area contributed by atoms with E-state index in [4.69, 9.17) is 15.6 Å². The van der Waals surface area contributed by atoms with Gasteiger partial charge in [-0.05, 0) is 30.0 Å². The summed E-state index contributed by atoms with van der Waals surface area (Å²) < 4.78 is 5.54. The Bertz CT molecular complexity index is 349. The SMILES string of the molecule is CC(N)(CO)COc1ccc(C(C)(C)C)cc1. The summed E-state index contributed by atoms with van der Waals surface area (Å²) in [5, 5.41) is 9.02. The van der Waals surface area contributed by atoms with Crippen molar-refractivity contribution < 1.29 is 9.84 Å². The fourth-order valence-corrected chi connectivity index (χ4v) is 1.35. The normalized spacial score (nSPS) is 15.4. The summed E-state index contributed by atoms with van der Waals surface area (Å²) in [6.45, 7) is 8.49. The van der Waals surface area contributed by atoms with Gasteiger partial charge in [-0.25, -0.2) is 0 Å². The van der Waals surface area contributed by atoms with Crippen LogP contribution in [0, 0.1) is 0 Å². The van der Waals surface area contributed by atoms with E-state index in [1.54, 1.807) is 6.92 Å². The van der Waals surface area contributed by atoms with Gasteiger partial charge in [-0.2, -0.15) is 0 Å². The van der Waals surface area contributed by atoms with Gasteiger partial charge in [-0.3, -0.25) is 0 Å². The highest BCUT2D eigenvalue weighted by atomic mass is 16.5. The van der Waals surface area contributed by atoms with Gasteiger partial charge in [0.05, 0.1) is 12.1 Å². The van der Waals surface area contributed by atoms with Crippen molar-refractivity contribution in [3.8, 4) is 5.75 Å². The smallest absolute Gasteiger partial charge is 0.119 e. The number of hydrogen-bond acceptors (Lipinski definition) is 3. The third kappa shape index (κ3) is 4.36. The average molecular weight is 237 g/mol. The van der Waals surface area contributed by atoms with Crippen LogP contribution in [0.1, 0.15) is 33.3 Å². The zero-order chi connectivity index (χ0) is 13.1. The molecule has 1 atom stereocenters. The van der Waals surface area contributed by atoms with Crippen LogP contribution in [0.15, 0.2) is 24.3 Å². The Labute approximate surface area is 104 Å². The van der Waals surface area contributed by atoms with Gasteiger partial charge in [0.2, 0.25) is 0 Å². The van der Waals surface area contributed by atoms with Crippen molar-refractivity contribution in [2.45, 2.75) is 38.6 Å². The molecular weight excluding hydrogens is 214 g/mol. The third-order valence-electron chi connectivity index (χ3n) is 2.65. The van der Waals surface area contributed by atoms with Crippen LogP contribution in [0.2, 0.25) is 0 Å². The summed E-state index contributed by atoms with van der Waals surface area (Å²) >= 11 is 0. The number of nitrogens with two attached hydrogens (primary N) is 1. The molecule has 1 aromatic rings. The van der Waals surface area contributed by atoms with Gasteiger partial charge < -0.3 is 15.6 Å². The molecule has 3 nitrogen and oxygen atoms in total. The highest BCUT2D eigenvalue weighted by Crippen LogP contribution is 2.24. The summed E-state index contributed by atoms with van der Waals surface area (Å²) in [6, 6.07) is 7.99. The van der Waals surface area contributed by atoms with Crippen molar-refractivity contribution >= 4 is 0 Å². The first-order valence-electron chi connectivity index (χ1n) is 5.88. The summed E-state index contributed by atoms with van der Waals surface area (Å²) in [7, 11) is 0. The molecule has 0 heterocycles. The van der Waals surface area contributed by atoms with E-state index < -0.39 is 5.54 Å². The van der Waals surface area contributed by atoms with E-state index in [0.29, 0.717) is 6.61 Å². The lowest BCUT2D eigenvalue weighted by molar-refractivity contribution is 0.146. The van der Waals surface area contributed by atoms with E-state index in [1.165, 1.54) is 5.56 Å². The van der Waals surface area contributed by atoms with E-state index in [2.05, 4.69) is 32.9 Å². The van der Waals surface area contributed by atoms with Crippen molar-refractivity contribution in [2.24, 2.45) is 5.73 Å². The molecule has 0 aliphatic carbocycles. The first kappa shape index (κ1) is 14.0. The van der Waals surface area contributed by atoms with Crippen LogP contribution in [0.5, 0.6) is 5.75 Å². The van der Waals surface area contributed by atoms with Crippen LogP contribution in [0.3, 0.4) is 0 Å². The minimum Gasteiger partial charge on any atom is -0.492 e. The highest BCUT2D eigenvalue weighted by Gasteiger charge is 2.18. The Balaban J connectivity index is 2.64.